The van der Waals surface area contributed by atoms with Gasteiger partial charge in [-0.25, -0.2) is 9.37 Å². The molecule has 2 heterocycles. The Morgan fingerprint density at radius 3 is 2.81 bits per heavy atom. The molecule has 1 fully saturated rings. The molecule has 0 saturated heterocycles. The smallest absolute Gasteiger partial charge is 0.191 e. The molecule has 0 spiro atoms. The summed E-state index contributed by atoms with van der Waals surface area (Å²) < 4.78 is 20.8. The largest absolute Gasteiger partial charge is 0.486 e. The first-order valence-electron chi connectivity index (χ1n) is 8.60. The molecule has 1 aliphatic carbocycles. The monoisotopic (exact) mass is 390 g/mol. The van der Waals surface area contributed by atoms with Crippen LogP contribution in [0.3, 0.4) is 0 Å². The summed E-state index contributed by atoms with van der Waals surface area (Å²) in [7, 11) is 0. The Labute approximate surface area is 159 Å². The van der Waals surface area contributed by atoms with E-state index >= 15 is 0 Å². The number of nitrogens with zero attached hydrogens (tertiary/aromatic N) is 4. The van der Waals surface area contributed by atoms with Gasteiger partial charge in [-0.2, -0.15) is 0 Å². The lowest BCUT2D eigenvalue weighted by Gasteiger charge is -2.05. The first-order valence-corrected chi connectivity index (χ1v) is 10.5. The van der Waals surface area contributed by atoms with Crippen LogP contribution in [-0.2, 0) is 18.9 Å². The van der Waals surface area contributed by atoms with E-state index in [1.54, 1.807) is 35.2 Å². The van der Waals surface area contributed by atoms with E-state index in [1.165, 1.54) is 25.0 Å². The maximum atomic E-state index is 12.9. The molecule has 5 nitrogen and oxygen atoms in total. The van der Waals surface area contributed by atoms with Crippen LogP contribution >= 0.6 is 23.1 Å². The summed E-state index contributed by atoms with van der Waals surface area (Å²) in [5.41, 5.74) is 1.01. The number of aromatic nitrogens is 4. The Morgan fingerprint density at radius 2 is 2.08 bits per heavy atom. The highest BCUT2D eigenvalue weighted by atomic mass is 32.2. The molecule has 0 N–H and O–H groups in total. The van der Waals surface area contributed by atoms with E-state index in [4.69, 9.17) is 4.74 Å². The molecule has 4 rings (SSSR count). The zero-order valence-corrected chi connectivity index (χ0v) is 16.0. The van der Waals surface area contributed by atoms with Crippen molar-refractivity contribution in [2.24, 2.45) is 0 Å². The standard InChI is InChI=1S/C18H19FN4OS2/c1-2-23-17(12-3-4-12)21-22-18(23)26-11-14-10-25-16(20-14)9-24-15-7-5-13(19)6-8-15/h5-8,10,12H,2-4,9,11H2,1H3. The minimum absolute atomic E-state index is 0.268. The van der Waals surface area contributed by atoms with Gasteiger partial charge in [0.1, 0.15) is 29.0 Å². The van der Waals surface area contributed by atoms with Crippen molar-refractivity contribution in [2.75, 3.05) is 0 Å². The number of ether oxygens (including phenoxy) is 1. The van der Waals surface area contributed by atoms with Gasteiger partial charge in [-0.3, -0.25) is 0 Å². The van der Waals surface area contributed by atoms with Crippen molar-refractivity contribution in [1.82, 2.24) is 19.7 Å². The SMILES string of the molecule is CCn1c(SCc2csc(COc3ccc(F)cc3)n2)nnc1C1CC1. The number of hydrogen-bond acceptors (Lipinski definition) is 6. The van der Waals surface area contributed by atoms with Gasteiger partial charge in [-0.1, -0.05) is 11.8 Å². The number of thiazole rings is 1. The van der Waals surface area contributed by atoms with Crippen molar-refractivity contribution < 1.29 is 9.13 Å². The minimum Gasteiger partial charge on any atom is -0.486 e. The lowest BCUT2D eigenvalue weighted by molar-refractivity contribution is 0.305. The number of halogens is 1. The maximum Gasteiger partial charge on any atom is 0.191 e. The second-order valence-electron chi connectivity index (χ2n) is 6.12. The Hall–Kier alpha value is -1.93. The van der Waals surface area contributed by atoms with Gasteiger partial charge < -0.3 is 9.30 Å². The predicted octanol–water partition coefficient (Wildman–Crippen LogP) is 4.64. The van der Waals surface area contributed by atoms with Gasteiger partial charge in [0.05, 0.1) is 5.69 Å². The maximum absolute atomic E-state index is 12.9. The van der Waals surface area contributed by atoms with Crippen molar-refractivity contribution >= 4 is 23.1 Å². The summed E-state index contributed by atoms with van der Waals surface area (Å²) >= 11 is 3.24. The lowest BCUT2D eigenvalue weighted by Crippen LogP contribution is -2.02. The number of hydrogen-bond donors (Lipinski definition) is 0. The van der Waals surface area contributed by atoms with Crippen LogP contribution in [0.4, 0.5) is 4.39 Å². The third-order valence-corrected chi connectivity index (χ3v) is 6.00. The average molecular weight is 391 g/mol. The van der Waals surface area contributed by atoms with Crippen molar-refractivity contribution in [1.29, 1.82) is 0 Å². The molecule has 0 bridgehead atoms. The van der Waals surface area contributed by atoms with Crippen LogP contribution in [0.25, 0.3) is 0 Å². The third kappa shape index (κ3) is 4.07. The highest BCUT2D eigenvalue weighted by molar-refractivity contribution is 7.98. The van der Waals surface area contributed by atoms with E-state index in [1.807, 2.05) is 5.38 Å². The first kappa shape index (κ1) is 17.5. The zero-order valence-electron chi connectivity index (χ0n) is 14.4. The zero-order chi connectivity index (χ0) is 17.9. The van der Waals surface area contributed by atoms with Crippen LogP contribution in [0.1, 0.15) is 42.2 Å². The fraction of sp³-hybridized carbons (Fsp3) is 0.389. The molecule has 3 aromatic rings. The summed E-state index contributed by atoms with van der Waals surface area (Å²) in [6.45, 7) is 3.42. The van der Waals surface area contributed by atoms with E-state index in [-0.39, 0.29) is 5.82 Å². The Balaban J connectivity index is 1.33. The van der Waals surface area contributed by atoms with E-state index < -0.39 is 0 Å². The van der Waals surface area contributed by atoms with Gasteiger partial charge in [-0.15, -0.1) is 21.5 Å². The molecule has 8 heteroatoms. The number of thioether (sulfide) groups is 1. The second-order valence-corrected chi connectivity index (χ2v) is 8.01. The van der Waals surface area contributed by atoms with Crippen molar-refractivity contribution in [3.63, 3.8) is 0 Å². The van der Waals surface area contributed by atoms with Gasteiger partial charge >= 0.3 is 0 Å². The highest BCUT2D eigenvalue weighted by Crippen LogP contribution is 2.40. The third-order valence-electron chi connectivity index (χ3n) is 4.13. The molecule has 0 radical (unpaired) electrons. The van der Waals surface area contributed by atoms with Gasteiger partial charge in [0.15, 0.2) is 5.16 Å². The summed E-state index contributed by atoms with van der Waals surface area (Å²) in [6, 6.07) is 6.02. The van der Waals surface area contributed by atoms with E-state index in [9.17, 15) is 4.39 Å². The fourth-order valence-electron chi connectivity index (χ4n) is 2.64. The summed E-state index contributed by atoms with van der Waals surface area (Å²) in [4.78, 5) is 4.61. The lowest BCUT2D eigenvalue weighted by atomic mass is 10.3. The molecule has 136 valence electrons. The van der Waals surface area contributed by atoms with Crippen LogP contribution < -0.4 is 4.74 Å². The van der Waals surface area contributed by atoms with E-state index in [0.717, 1.165) is 34.0 Å². The molecule has 1 saturated carbocycles. The Morgan fingerprint density at radius 1 is 1.27 bits per heavy atom. The molecular formula is C18H19FN4OS2. The number of rotatable bonds is 8. The van der Waals surface area contributed by atoms with Gasteiger partial charge in [0, 0.05) is 23.6 Å². The molecule has 1 aliphatic rings. The fourth-order valence-corrected chi connectivity index (χ4v) is 4.36. The normalized spacial score (nSPS) is 13.9. The quantitative estimate of drug-likeness (QED) is 0.524. The summed E-state index contributed by atoms with van der Waals surface area (Å²) in [6.07, 6.45) is 2.46. The van der Waals surface area contributed by atoms with Gasteiger partial charge in [0.2, 0.25) is 0 Å². The van der Waals surface area contributed by atoms with E-state index in [0.29, 0.717) is 18.3 Å². The van der Waals surface area contributed by atoms with E-state index in [2.05, 4.69) is 26.7 Å². The molecular weight excluding hydrogens is 371 g/mol. The molecule has 0 atom stereocenters. The van der Waals surface area contributed by atoms with Crippen LogP contribution in [0.15, 0.2) is 34.8 Å². The second kappa shape index (κ2) is 7.75. The minimum atomic E-state index is -0.268. The van der Waals surface area contributed by atoms with Gasteiger partial charge in [0.25, 0.3) is 0 Å². The van der Waals surface area contributed by atoms with Crippen LogP contribution in [0, 0.1) is 5.82 Å². The molecule has 0 unspecified atom stereocenters. The Bertz CT molecular complexity index is 874. The van der Waals surface area contributed by atoms with Gasteiger partial charge in [-0.05, 0) is 44.0 Å². The molecule has 2 aromatic heterocycles. The van der Waals surface area contributed by atoms with Crippen LogP contribution in [-0.4, -0.2) is 19.7 Å². The molecule has 26 heavy (non-hydrogen) atoms. The summed E-state index contributed by atoms with van der Waals surface area (Å²) in [5, 5.41) is 12.6. The number of benzene rings is 1. The topological polar surface area (TPSA) is 52.8 Å². The molecule has 0 aliphatic heterocycles. The highest BCUT2D eigenvalue weighted by Gasteiger charge is 2.29. The molecule has 0 amide bonds. The Kier molecular flexibility index (Phi) is 5.21. The molecule has 1 aromatic carbocycles. The van der Waals surface area contributed by atoms with Crippen molar-refractivity contribution in [3.05, 3.63) is 52.0 Å². The van der Waals surface area contributed by atoms with Crippen molar-refractivity contribution in [2.45, 2.75) is 49.7 Å². The average Bonchev–Trinajstić information content (AvgIpc) is 3.26. The summed E-state index contributed by atoms with van der Waals surface area (Å²) in [5.74, 6) is 2.86. The van der Waals surface area contributed by atoms with Crippen LogP contribution in [0.5, 0.6) is 5.75 Å². The first-order chi connectivity index (χ1) is 12.7. The predicted molar refractivity (Wildman–Crippen MR) is 100 cm³/mol. The van der Waals surface area contributed by atoms with Crippen LogP contribution in [0.2, 0.25) is 0 Å². The van der Waals surface area contributed by atoms with Crippen molar-refractivity contribution in [3.8, 4) is 5.75 Å².